The molecule has 0 aliphatic carbocycles. The van der Waals surface area contributed by atoms with Crippen molar-refractivity contribution in [3.8, 4) is 0 Å². The van der Waals surface area contributed by atoms with Crippen LogP contribution in [0.4, 0.5) is 0 Å². The second kappa shape index (κ2) is 6.97. The molecule has 0 radical (unpaired) electrons. The van der Waals surface area contributed by atoms with Crippen molar-refractivity contribution in [1.29, 1.82) is 0 Å². The zero-order valence-electron chi connectivity index (χ0n) is 12.5. The van der Waals surface area contributed by atoms with Crippen LogP contribution in [0.25, 0.3) is 11.0 Å². The molecule has 1 aliphatic rings. The van der Waals surface area contributed by atoms with Gasteiger partial charge in [0.05, 0.1) is 17.6 Å². The molecule has 1 aromatic carbocycles. The molecular weight excluding hydrogens is 307 g/mol. The fourth-order valence-corrected chi connectivity index (χ4v) is 3.17. The second-order valence-electron chi connectivity index (χ2n) is 5.58. The number of likely N-dealkylation sites (tertiary alicyclic amines) is 1. The Bertz CT molecular complexity index is 611. The maximum Gasteiger partial charge on any atom is 0.123 e. The summed E-state index contributed by atoms with van der Waals surface area (Å²) in [4.78, 5) is 7.21. The highest BCUT2D eigenvalue weighted by molar-refractivity contribution is 6.31. The zero-order valence-corrected chi connectivity index (χ0v) is 14.0. The van der Waals surface area contributed by atoms with Crippen LogP contribution in [0.15, 0.2) is 18.2 Å². The summed E-state index contributed by atoms with van der Waals surface area (Å²) >= 11 is 6.04. The van der Waals surface area contributed by atoms with Gasteiger partial charge in [0.15, 0.2) is 0 Å². The van der Waals surface area contributed by atoms with Crippen LogP contribution in [0.2, 0.25) is 5.02 Å². The van der Waals surface area contributed by atoms with Crippen molar-refractivity contribution in [2.45, 2.75) is 25.4 Å². The molecule has 6 heteroatoms. The third-order valence-corrected chi connectivity index (χ3v) is 4.45. The Labute approximate surface area is 136 Å². The number of nitrogens with one attached hydrogen (secondary N) is 1. The van der Waals surface area contributed by atoms with Gasteiger partial charge < -0.3 is 9.88 Å². The molecule has 3 rings (SSSR count). The number of aromatic nitrogens is 2. The van der Waals surface area contributed by atoms with Crippen molar-refractivity contribution in [1.82, 2.24) is 19.8 Å². The topological polar surface area (TPSA) is 33.1 Å². The van der Waals surface area contributed by atoms with Crippen LogP contribution < -0.4 is 5.32 Å². The molecule has 1 unspecified atom stereocenters. The number of fused-ring (bicyclic) bond motifs is 1. The van der Waals surface area contributed by atoms with Gasteiger partial charge in [-0.05, 0) is 44.6 Å². The molecule has 2 heterocycles. The van der Waals surface area contributed by atoms with E-state index in [2.05, 4.69) is 21.8 Å². The molecular formula is C15H22Cl2N4. The van der Waals surface area contributed by atoms with Gasteiger partial charge in [-0.3, -0.25) is 4.90 Å². The molecule has 0 bridgehead atoms. The number of hydrogen-bond donors (Lipinski definition) is 1. The zero-order chi connectivity index (χ0) is 14.1. The molecule has 0 amide bonds. The molecule has 1 aliphatic heterocycles. The quantitative estimate of drug-likeness (QED) is 0.940. The number of piperidine rings is 1. The fraction of sp³-hybridized carbons (Fsp3) is 0.533. The molecule has 2 aromatic rings. The summed E-state index contributed by atoms with van der Waals surface area (Å²) in [7, 11) is 4.13. The Hall–Kier alpha value is -0.810. The Morgan fingerprint density at radius 3 is 3.00 bits per heavy atom. The number of rotatable bonds is 3. The maximum atomic E-state index is 6.04. The largest absolute Gasteiger partial charge is 0.330 e. The summed E-state index contributed by atoms with van der Waals surface area (Å²) in [5.41, 5.74) is 2.13. The van der Waals surface area contributed by atoms with Crippen LogP contribution in [0.3, 0.4) is 0 Å². The molecule has 1 saturated heterocycles. The van der Waals surface area contributed by atoms with E-state index in [1.165, 1.54) is 12.8 Å². The van der Waals surface area contributed by atoms with Crippen molar-refractivity contribution < 1.29 is 0 Å². The molecule has 4 nitrogen and oxygen atoms in total. The van der Waals surface area contributed by atoms with Gasteiger partial charge in [-0.2, -0.15) is 0 Å². The fourth-order valence-electron chi connectivity index (χ4n) is 3.00. The number of benzene rings is 1. The van der Waals surface area contributed by atoms with Gasteiger partial charge in [-0.1, -0.05) is 11.6 Å². The third kappa shape index (κ3) is 3.51. The predicted octanol–water partition coefficient (Wildman–Crippen LogP) is 2.83. The second-order valence-corrected chi connectivity index (χ2v) is 6.02. The highest BCUT2D eigenvalue weighted by atomic mass is 35.5. The Morgan fingerprint density at radius 1 is 1.43 bits per heavy atom. The van der Waals surface area contributed by atoms with E-state index < -0.39 is 0 Å². The molecule has 0 spiro atoms. The number of hydrogen-bond acceptors (Lipinski definition) is 3. The third-order valence-electron chi connectivity index (χ3n) is 4.21. The first kappa shape index (κ1) is 16.6. The highest BCUT2D eigenvalue weighted by Gasteiger charge is 2.20. The van der Waals surface area contributed by atoms with E-state index in [0.29, 0.717) is 6.04 Å². The summed E-state index contributed by atoms with van der Waals surface area (Å²) in [6, 6.07) is 6.51. The van der Waals surface area contributed by atoms with Crippen molar-refractivity contribution in [3.63, 3.8) is 0 Å². The minimum absolute atomic E-state index is 0. The maximum absolute atomic E-state index is 6.04. The number of nitrogens with zero attached hydrogens (tertiary/aromatic N) is 3. The Balaban J connectivity index is 0.00000161. The molecule has 116 valence electrons. The lowest BCUT2D eigenvalue weighted by Gasteiger charge is -2.32. The summed E-state index contributed by atoms with van der Waals surface area (Å²) < 4.78 is 2.18. The standard InChI is InChI=1S/C15H21ClN4.ClH/c1-17-12-4-3-7-20(9-12)10-15-18-13-8-11(16)5-6-14(13)19(15)2;/h5-6,8,12,17H,3-4,7,9-10H2,1-2H3;1H. The first-order chi connectivity index (χ1) is 9.67. The summed E-state index contributed by atoms with van der Waals surface area (Å²) in [6.07, 6.45) is 2.52. The predicted molar refractivity (Wildman–Crippen MR) is 90.3 cm³/mol. The Morgan fingerprint density at radius 2 is 2.24 bits per heavy atom. The van der Waals surface area contributed by atoms with Gasteiger partial charge in [0.2, 0.25) is 0 Å². The van der Waals surface area contributed by atoms with Gasteiger partial charge in [-0.25, -0.2) is 4.98 Å². The van der Waals surface area contributed by atoms with Gasteiger partial charge in [0.25, 0.3) is 0 Å². The highest BCUT2D eigenvalue weighted by Crippen LogP contribution is 2.21. The van der Waals surface area contributed by atoms with Crippen LogP contribution in [-0.4, -0.2) is 40.6 Å². The lowest BCUT2D eigenvalue weighted by molar-refractivity contribution is 0.183. The lowest BCUT2D eigenvalue weighted by Crippen LogP contribution is -2.44. The Kier molecular flexibility index (Phi) is 5.49. The van der Waals surface area contributed by atoms with E-state index in [-0.39, 0.29) is 12.4 Å². The van der Waals surface area contributed by atoms with Gasteiger partial charge in [-0.15, -0.1) is 12.4 Å². The van der Waals surface area contributed by atoms with Crippen molar-refractivity contribution in [2.75, 3.05) is 20.1 Å². The van der Waals surface area contributed by atoms with Gasteiger partial charge >= 0.3 is 0 Å². The van der Waals surface area contributed by atoms with Crippen LogP contribution in [0.5, 0.6) is 0 Å². The van der Waals surface area contributed by atoms with Crippen molar-refractivity contribution in [2.24, 2.45) is 7.05 Å². The minimum Gasteiger partial charge on any atom is -0.330 e. The monoisotopic (exact) mass is 328 g/mol. The molecule has 1 fully saturated rings. The van der Waals surface area contributed by atoms with E-state index in [1.807, 2.05) is 25.2 Å². The number of aryl methyl sites for hydroxylation is 1. The minimum atomic E-state index is 0. The van der Waals surface area contributed by atoms with Crippen molar-refractivity contribution in [3.05, 3.63) is 29.0 Å². The van der Waals surface area contributed by atoms with E-state index in [1.54, 1.807) is 0 Å². The smallest absolute Gasteiger partial charge is 0.123 e. The van der Waals surface area contributed by atoms with E-state index in [0.717, 1.165) is 41.5 Å². The molecule has 21 heavy (non-hydrogen) atoms. The summed E-state index contributed by atoms with van der Waals surface area (Å²) in [5.74, 6) is 1.11. The number of likely N-dealkylation sites (N-methyl/N-ethyl adjacent to an activating group) is 1. The van der Waals surface area contributed by atoms with Crippen LogP contribution in [0.1, 0.15) is 18.7 Å². The molecule has 0 saturated carbocycles. The molecule has 1 atom stereocenters. The van der Waals surface area contributed by atoms with Gasteiger partial charge in [0.1, 0.15) is 5.82 Å². The average molecular weight is 329 g/mol. The average Bonchev–Trinajstić information content (AvgIpc) is 2.75. The van der Waals surface area contributed by atoms with E-state index in [4.69, 9.17) is 16.6 Å². The first-order valence-corrected chi connectivity index (χ1v) is 7.55. The van der Waals surface area contributed by atoms with Crippen LogP contribution in [-0.2, 0) is 13.6 Å². The molecule has 1 N–H and O–H groups in total. The van der Waals surface area contributed by atoms with Crippen molar-refractivity contribution >= 4 is 35.0 Å². The summed E-state index contributed by atoms with van der Waals surface area (Å²) in [5, 5.41) is 4.13. The first-order valence-electron chi connectivity index (χ1n) is 7.18. The SMILES string of the molecule is CNC1CCCN(Cc2nc3cc(Cl)ccc3n2C)C1.Cl. The lowest BCUT2D eigenvalue weighted by atomic mass is 10.1. The van der Waals surface area contributed by atoms with E-state index >= 15 is 0 Å². The van der Waals surface area contributed by atoms with E-state index in [9.17, 15) is 0 Å². The number of halogens is 2. The van der Waals surface area contributed by atoms with Crippen LogP contribution >= 0.6 is 24.0 Å². The van der Waals surface area contributed by atoms with Crippen LogP contribution in [0, 0.1) is 0 Å². The number of imidazole rings is 1. The van der Waals surface area contributed by atoms with Gasteiger partial charge in [0, 0.05) is 24.7 Å². The molecule has 1 aromatic heterocycles. The summed E-state index contributed by atoms with van der Waals surface area (Å²) in [6.45, 7) is 3.16. The normalized spacial score (nSPS) is 19.7.